The standard InChI is InChI=1S/C49H34/c1-49(2)44-23-13-12-18-38(44)43-30-35-16-6-7-17-37(35)47(48(43)49)46-41-21-10-8-19-39(41)45(40-20-9-11-22-42(40)46)36-27-26-33-28-32(24-25-34(33)29-36)31-14-4-3-5-15-31/h3-30H,1-2H3. The summed E-state index contributed by atoms with van der Waals surface area (Å²) in [5.41, 5.74) is 13.1. The maximum absolute atomic E-state index is 2.43. The molecule has 49 heavy (non-hydrogen) atoms. The normalized spacial score (nSPS) is 13.3. The van der Waals surface area contributed by atoms with E-state index in [9.17, 15) is 0 Å². The lowest BCUT2D eigenvalue weighted by molar-refractivity contribution is 0.663. The van der Waals surface area contributed by atoms with Gasteiger partial charge in [0.05, 0.1) is 0 Å². The Labute approximate surface area is 286 Å². The van der Waals surface area contributed by atoms with Crippen molar-refractivity contribution < 1.29 is 0 Å². The van der Waals surface area contributed by atoms with Crippen LogP contribution in [0.15, 0.2) is 170 Å². The highest BCUT2D eigenvalue weighted by molar-refractivity contribution is 6.25. The fraction of sp³-hybridized carbons (Fsp3) is 0.0612. The van der Waals surface area contributed by atoms with E-state index in [-0.39, 0.29) is 5.41 Å². The highest BCUT2D eigenvalue weighted by atomic mass is 14.4. The van der Waals surface area contributed by atoms with Gasteiger partial charge in [-0.3, -0.25) is 0 Å². The fourth-order valence-electron chi connectivity index (χ4n) is 8.79. The molecule has 0 N–H and O–H groups in total. The molecule has 0 nitrogen and oxygen atoms in total. The molecule has 0 atom stereocenters. The Balaban J connectivity index is 1.29. The third-order valence-electron chi connectivity index (χ3n) is 11.0. The van der Waals surface area contributed by atoms with Gasteiger partial charge in [-0.05, 0) is 117 Å². The highest BCUT2D eigenvalue weighted by Gasteiger charge is 2.39. The molecule has 1 aliphatic rings. The summed E-state index contributed by atoms with van der Waals surface area (Å²) in [6, 6.07) is 63.1. The molecule has 0 aromatic heterocycles. The van der Waals surface area contributed by atoms with Gasteiger partial charge in [0.15, 0.2) is 0 Å². The van der Waals surface area contributed by atoms with Gasteiger partial charge in [-0.25, -0.2) is 0 Å². The largest absolute Gasteiger partial charge is 0.0622 e. The van der Waals surface area contributed by atoms with Crippen LogP contribution >= 0.6 is 0 Å². The maximum Gasteiger partial charge on any atom is 0.0165 e. The second-order valence-electron chi connectivity index (χ2n) is 14.0. The Morgan fingerprint density at radius 3 is 1.55 bits per heavy atom. The smallest absolute Gasteiger partial charge is 0.0165 e. The number of hydrogen-bond acceptors (Lipinski definition) is 0. The predicted octanol–water partition coefficient (Wildman–Crippen LogP) is 13.6. The Hall–Kier alpha value is -5.98. The molecule has 9 aromatic rings. The minimum atomic E-state index is -0.150. The summed E-state index contributed by atoms with van der Waals surface area (Å²) in [4.78, 5) is 0. The van der Waals surface area contributed by atoms with Crippen LogP contribution in [0.1, 0.15) is 25.0 Å². The molecule has 0 unspecified atom stereocenters. The molecular formula is C49H34. The van der Waals surface area contributed by atoms with Crippen LogP contribution < -0.4 is 0 Å². The van der Waals surface area contributed by atoms with E-state index in [4.69, 9.17) is 0 Å². The molecule has 0 fully saturated rings. The molecule has 230 valence electrons. The maximum atomic E-state index is 2.43. The van der Waals surface area contributed by atoms with Gasteiger partial charge in [0, 0.05) is 5.41 Å². The van der Waals surface area contributed by atoms with Crippen molar-refractivity contribution in [3.05, 3.63) is 181 Å². The van der Waals surface area contributed by atoms with E-state index in [0.29, 0.717) is 0 Å². The summed E-state index contributed by atoms with van der Waals surface area (Å²) in [5.74, 6) is 0. The van der Waals surface area contributed by atoms with E-state index in [1.165, 1.54) is 98.7 Å². The molecule has 0 bridgehead atoms. The van der Waals surface area contributed by atoms with Crippen LogP contribution in [-0.4, -0.2) is 0 Å². The van der Waals surface area contributed by atoms with Crippen molar-refractivity contribution in [1.82, 2.24) is 0 Å². The van der Waals surface area contributed by atoms with E-state index >= 15 is 0 Å². The summed E-state index contributed by atoms with van der Waals surface area (Å²) in [5, 5.41) is 10.2. The van der Waals surface area contributed by atoms with Crippen LogP contribution in [0.3, 0.4) is 0 Å². The lowest BCUT2D eigenvalue weighted by atomic mass is 9.75. The van der Waals surface area contributed by atoms with Crippen LogP contribution in [0.2, 0.25) is 0 Å². The van der Waals surface area contributed by atoms with Crippen molar-refractivity contribution >= 4 is 43.1 Å². The van der Waals surface area contributed by atoms with Crippen molar-refractivity contribution in [2.75, 3.05) is 0 Å². The third-order valence-corrected chi connectivity index (χ3v) is 11.0. The number of rotatable bonds is 3. The average Bonchev–Trinajstić information content (AvgIpc) is 3.38. The number of benzene rings is 9. The fourth-order valence-corrected chi connectivity index (χ4v) is 8.79. The summed E-state index contributed by atoms with van der Waals surface area (Å²) in [6.07, 6.45) is 0. The zero-order chi connectivity index (χ0) is 32.7. The Morgan fingerprint density at radius 2 is 0.857 bits per heavy atom. The number of fused-ring (bicyclic) bond motifs is 7. The van der Waals surface area contributed by atoms with Gasteiger partial charge in [-0.15, -0.1) is 0 Å². The summed E-state index contributed by atoms with van der Waals surface area (Å²) >= 11 is 0. The zero-order valence-electron chi connectivity index (χ0n) is 27.7. The van der Waals surface area contributed by atoms with Gasteiger partial charge in [0.2, 0.25) is 0 Å². The molecule has 0 amide bonds. The van der Waals surface area contributed by atoms with Crippen LogP contribution in [0.4, 0.5) is 0 Å². The highest BCUT2D eigenvalue weighted by Crippen LogP contribution is 2.56. The molecule has 0 saturated heterocycles. The minimum absolute atomic E-state index is 0.150. The summed E-state index contributed by atoms with van der Waals surface area (Å²) in [6.45, 7) is 4.82. The summed E-state index contributed by atoms with van der Waals surface area (Å²) in [7, 11) is 0. The molecular weight excluding hydrogens is 589 g/mol. The summed E-state index contributed by atoms with van der Waals surface area (Å²) < 4.78 is 0. The van der Waals surface area contributed by atoms with Crippen LogP contribution in [0.25, 0.3) is 87.6 Å². The van der Waals surface area contributed by atoms with E-state index in [0.717, 1.165) is 0 Å². The lowest BCUT2D eigenvalue weighted by Crippen LogP contribution is -2.16. The van der Waals surface area contributed by atoms with Gasteiger partial charge in [-0.1, -0.05) is 166 Å². The lowest BCUT2D eigenvalue weighted by Gasteiger charge is -2.27. The predicted molar refractivity (Wildman–Crippen MR) is 210 cm³/mol. The molecule has 0 heterocycles. The van der Waals surface area contributed by atoms with Crippen molar-refractivity contribution in [3.63, 3.8) is 0 Å². The quantitative estimate of drug-likeness (QED) is 0.172. The van der Waals surface area contributed by atoms with Crippen LogP contribution in [0, 0.1) is 0 Å². The third kappa shape index (κ3) is 4.11. The molecule has 1 aliphatic carbocycles. The van der Waals surface area contributed by atoms with Gasteiger partial charge >= 0.3 is 0 Å². The van der Waals surface area contributed by atoms with Crippen molar-refractivity contribution in [2.24, 2.45) is 0 Å². The Morgan fingerprint density at radius 1 is 0.327 bits per heavy atom. The van der Waals surface area contributed by atoms with E-state index in [1.54, 1.807) is 0 Å². The first-order chi connectivity index (χ1) is 24.1. The Kier molecular flexibility index (Phi) is 6.02. The molecule has 0 spiro atoms. The second kappa shape index (κ2) is 10.5. The topological polar surface area (TPSA) is 0 Å². The minimum Gasteiger partial charge on any atom is -0.0622 e. The first-order valence-electron chi connectivity index (χ1n) is 17.3. The first-order valence-corrected chi connectivity index (χ1v) is 17.3. The van der Waals surface area contributed by atoms with E-state index in [1.807, 2.05) is 0 Å². The molecule has 0 heteroatoms. The second-order valence-corrected chi connectivity index (χ2v) is 14.0. The molecule has 9 aromatic carbocycles. The zero-order valence-corrected chi connectivity index (χ0v) is 27.7. The van der Waals surface area contributed by atoms with Gasteiger partial charge in [-0.2, -0.15) is 0 Å². The van der Waals surface area contributed by atoms with Crippen molar-refractivity contribution in [2.45, 2.75) is 19.3 Å². The van der Waals surface area contributed by atoms with Crippen molar-refractivity contribution in [3.8, 4) is 44.5 Å². The van der Waals surface area contributed by atoms with Crippen LogP contribution in [-0.2, 0) is 5.41 Å². The molecule has 10 rings (SSSR count). The Bertz CT molecular complexity index is 2720. The van der Waals surface area contributed by atoms with Gasteiger partial charge < -0.3 is 0 Å². The molecule has 0 radical (unpaired) electrons. The SMILES string of the molecule is CC1(C)c2ccccc2-c2cc3ccccc3c(-c3c4ccccc4c(-c4ccc5cc(-c6ccccc6)ccc5c4)c4ccccc34)c21. The van der Waals surface area contributed by atoms with E-state index < -0.39 is 0 Å². The first kappa shape index (κ1) is 28.1. The molecule has 0 aliphatic heterocycles. The van der Waals surface area contributed by atoms with Gasteiger partial charge in [0.25, 0.3) is 0 Å². The van der Waals surface area contributed by atoms with Crippen molar-refractivity contribution in [1.29, 1.82) is 0 Å². The average molecular weight is 623 g/mol. The van der Waals surface area contributed by atoms with Gasteiger partial charge in [0.1, 0.15) is 0 Å². The van der Waals surface area contributed by atoms with Crippen LogP contribution in [0.5, 0.6) is 0 Å². The monoisotopic (exact) mass is 622 g/mol. The van der Waals surface area contributed by atoms with E-state index in [2.05, 4.69) is 184 Å². The number of hydrogen-bond donors (Lipinski definition) is 0. The molecule has 0 saturated carbocycles.